The van der Waals surface area contributed by atoms with E-state index in [1.54, 1.807) is 4.68 Å². The first-order valence-electron chi connectivity index (χ1n) is 6.39. The standard InChI is InChI=1S/C16H13BrN4/c17-15-8-13(6-7-14(15)16(18)19)21-10-12(9-20-21)11-4-2-1-3-5-11/h1-10H,(H3,18,19). The van der Waals surface area contributed by atoms with E-state index < -0.39 is 0 Å². The highest BCUT2D eigenvalue weighted by atomic mass is 79.9. The Morgan fingerprint density at radius 3 is 2.52 bits per heavy atom. The first-order chi connectivity index (χ1) is 10.1. The van der Waals surface area contributed by atoms with Crippen molar-refractivity contribution in [2.24, 2.45) is 5.73 Å². The van der Waals surface area contributed by atoms with E-state index in [1.807, 2.05) is 48.8 Å². The van der Waals surface area contributed by atoms with Gasteiger partial charge >= 0.3 is 0 Å². The molecular formula is C16H13BrN4. The first kappa shape index (κ1) is 13.6. The number of nitrogen functional groups attached to an aromatic ring is 1. The van der Waals surface area contributed by atoms with Crippen LogP contribution in [0.2, 0.25) is 0 Å². The van der Waals surface area contributed by atoms with Crippen LogP contribution in [0.25, 0.3) is 16.8 Å². The zero-order valence-corrected chi connectivity index (χ0v) is 12.7. The molecule has 0 aliphatic rings. The van der Waals surface area contributed by atoms with Gasteiger partial charge in [-0.1, -0.05) is 30.3 Å². The highest BCUT2D eigenvalue weighted by Crippen LogP contribution is 2.23. The highest BCUT2D eigenvalue weighted by molar-refractivity contribution is 9.10. The summed E-state index contributed by atoms with van der Waals surface area (Å²) in [4.78, 5) is 0. The van der Waals surface area contributed by atoms with Crippen LogP contribution in [0.15, 0.2) is 65.4 Å². The number of hydrogen-bond donors (Lipinski definition) is 2. The molecule has 0 spiro atoms. The second-order valence-electron chi connectivity index (χ2n) is 4.62. The SMILES string of the molecule is N=C(N)c1ccc(-n2cc(-c3ccccc3)cn2)cc1Br. The number of nitrogens with two attached hydrogens (primary N) is 1. The normalized spacial score (nSPS) is 10.5. The fourth-order valence-electron chi connectivity index (χ4n) is 2.11. The average Bonchev–Trinajstić information content (AvgIpc) is 2.97. The van der Waals surface area contributed by atoms with E-state index >= 15 is 0 Å². The molecule has 104 valence electrons. The van der Waals surface area contributed by atoms with E-state index in [4.69, 9.17) is 11.1 Å². The summed E-state index contributed by atoms with van der Waals surface area (Å²) in [6, 6.07) is 15.7. The fourth-order valence-corrected chi connectivity index (χ4v) is 2.69. The van der Waals surface area contributed by atoms with Crippen LogP contribution in [0.1, 0.15) is 5.56 Å². The minimum Gasteiger partial charge on any atom is -0.384 e. The number of nitrogens with zero attached hydrogens (tertiary/aromatic N) is 2. The van der Waals surface area contributed by atoms with Crippen molar-refractivity contribution in [1.29, 1.82) is 5.41 Å². The zero-order chi connectivity index (χ0) is 14.8. The molecule has 0 saturated heterocycles. The first-order valence-corrected chi connectivity index (χ1v) is 7.19. The van der Waals surface area contributed by atoms with Gasteiger partial charge < -0.3 is 5.73 Å². The summed E-state index contributed by atoms with van der Waals surface area (Å²) in [6.45, 7) is 0. The van der Waals surface area contributed by atoms with E-state index in [-0.39, 0.29) is 5.84 Å². The van der Waals surface area contributed by atoms with Crippen LogP contribution in [0.4, 0.5) is 0 Å². The number of benzene rings is 2. The van der Waals surface area contributed by atoms with Crippen molar-refractivity contribution >= 4 is 21.8 Å². The van der Waals surface area contributed by atoms with Crippen LogP contribution in [0.3, 0.4) is 0 Å². The second-order valence-corrected chi connectivity index (χ2v) is 5.47. The topological polar surface area (TPSA) is 67.7 Å². The molecule has 5 heteroatoms. The summed E-state index contributed by atoms with van der Waals surface area (Å²) in [5.74, 6) is 0.0406. The van der Waals surface area contributed by atoms with Gasteiger partial charge in [0, 0.05) is 21.8 Å². The third kappa shape index (κ3) is 2.73. The molecule has 3 N–H and O–H groups in total. The van der Waals surface area contributed by atoms with Gasteiger partial charge in [0.1, 0.15) is 5.84 Å². The van der Waals surface area contributed by atoms with E-state index in [1.165, 1.54) is 0 Å². The van der Waals surface area contributed by atoms with Gasteiger partial charge in [-0.25, -0.2) is 4.68 Å². The lowest BCUT2D eigenvalue weighted by Gasteiger charge is -2.06. The molecule has 0 bridgehead atoms. The molecule has 4 nitrogen and oxygen atoms in total. The Balaban J connectivity index is 1.97. The minimum atomic E-state index is 0.0406. The average molecular weight is 341 g/mol. The van der Waals surface area contributed by atoms with Crippen molar-refractivity contribution in [3.8, 4) is 16.8 Å². The van der Waals surface area contributed by atoms with Crippen molar-refractivity contribution in [3.05, 3.63) is 71.0 Å². The van der Waals surface area contributed by atoms with Crippen molar-refractivity contribution in [2.45, 2.75) is 0 Å². The summed E-state index contributed by atoms with van der Waals surface area (Å²) in [7, 11) is 0. The number of amidine groups is 1. The van der Waals surface area contributed by atoms with Crippen LogP contribution in [0, 0.1) is 5.41 Å². The summed E-state index contributed by atoms with van der Waals surface area (Å²) < 4.78 is 2.58. The molecule has 1 heterocycles. The molecular weight excluding hydrogens is 328 g/mol. The highest BCUT2D eigenvalue weighted by Gasteiger charge is 2.07. The Morgan fingerprint density at radius 2 is 1.86 bits per heavy atom. The monoisotopic (exact) mass is 340 g/mol. The largest absolute Gasteiger partial charge is 0.384 e. The van der Waals surface area contributed by atoms with E-state index in [2.05, 4.69) is 33.2 Å². The van der Waals surface area contributed by atoms with Crippen LogP contribution >= 0.6 is 15.9 Å². The molecule has 2 aromatic carbocycles. The van der Waals surface area contributed by atoms with Crippen LogP contribution in [0.5, 0.6) is 0 Å². The summed E-state index contributed by atoms with van der Waals surface area (Å²) >= 11 is 3.43. The Bertz CT molecular complexity index is 793. The fraction of sp³-hybridized carbons (Fsp3) is 0. The minimum absolute atomic E-state index is 0.0406. The molecule has 0 fully saturated rings. The number of aromatic nitrogens is 2. The van der Waals surface area contributed by atoms with Crippen molar-refractivity contribution < 1.29 is 0 Å². The van der Waals surface area contributed by atoms with E-state index in [0.717, 1.165) is 21.3 Å². The Morgan fingerprint density at radius 1 is 1.10 bits per heavy atom. The number of rotatable bonds is 3. The van der Waals surface area contributed by atoms with Gasteiger partial charge in [0.25, 0.3) is 0 Å². The zero-order valence-electron chi connectivity index (χ0n) is 11.1. The van der Waals surface area contributed by atoms with Crippen LogP contribution in [-0.2, 0) is 0 Å². The summed E-state index contributed by atoms with van der Waals surface area (Å²) in [5, 5.41) is 11.9. The summed E-state index contributed by atoms with van der Waals surface area (Å²) in [5.41, 5.74) is 9.29. The molecule has 0 atom stereocenters. The predicted molar refractivity (Wildman–Crippen MR) is 87.7 cm³/mol. The van der Waals surface area contributed by atoms with E-state index in [9.17, 15) is 0 Å². The van der Waals surface area contributed by atoms with Gasteiger partial charge in [0.15, 0.2) is 0 Å². The molecule has 3 rings (SSSR count). The van der Waals surface area contributed by atoms with Crippen LogP contribution in [-0.4, -0.2) is 15.6 Å². The van der Waals surface area contributed by atoms with Gasteiger partial charge in [-0.2, -0.15) is 5.10 Å². The maximum Gasteiger partial charge on any atom is 0.123 e. The lowest BCUT2D eigenvalue weighted by molar-refractivity contribution is 0.879. The van der Waals surface area contributed by atoms with Gasteiger partial charge in [0.2, 0.25) is 0 Å². The maximum absolute atomic E-state index is 7.49. The van der Waals surface area contributed by atoms with E-state index in [0.29, 0.717) is 5.56 Å². The predicted octanol–water partition coefficient (Wildman–Crippen LogP) is 3.59. The Labute approximate surface area is 130 Å². The third-order valence-corrected chi connectivity index (χ3v) is 3.85. The second kappa shape index (κ2) is 5.54. The van der Waals surface area contributed by atoms with Crippen molar-refractivity contribution in [2.75, 3.05) is 0 Å². The molecule has 0 amide bonds. The third-order valence-electron chi connectivity index (χ3n) is 3.20. The maximum atomic E-state index is 7.49. The molecule has 0 aliphatic carbocycles. The molecule has 3 aromatic rings. The van der Waals surface area contributed by atoms with Gasteiger partial charge in [0.05, 0.1) is 11.9 Å². The van der Waals surface area contributed by atoms with Gasteiger partial charge in [-0.15, -0.1) is 0 Å². The Kier molecular flexibility index (Phi) is 3.58. The van der Waals surface area contributed by atoms with Crippen LogP contribution < -0.4 is 5.73 Å². The quantitative estimate of drug-likeness (QED) is 0.565. The number of hydrogen-bond acceptors (Lipinski definition) is 2. The number of nitrogens with one attached hydrogen (secondary N) is 1. The summed E-state index contributed by atoms with van der Waals surface area (Å²) in [6.07, 6.45) is 3.81. The lowest BCUT2D eigenvalue weighted by atomic mass is 10.1. The molecule has 0 radical (unpaired) electrons. The number of halogens is 1. The lowest BCUT2D eigenvalue weighted by Crippen LogP contribution is -2.12. The van der Waals surface area contributed by atoms with Crippen molar-refractivity contribution in [3.63, 3.8) is 0 Å². The molecule has 0 saturated carbocycles. The van der Waals surface area contributed by atoms with Crippen molar-refractivity contribution in [1.82, 2.24) is 9.78 Å². The van der Waals surface area contributed by atoms with Gasteiger partial charge in [-0.05, 0) is 39.7 Å². The molecule has 1 aromatic heterocycles. The molecule has 0 aliphatic heterocycles. The smallest absolute Gasteiger partial charge is 0.123 e. The Hall–Kier alpha value is -2.40. The molecule has 0 unspecified atom stereocenters. The van der Waals surface area contributed by atoms with Gasteiger partial charge in [-0.3, -0.25) is 5.41 Å². The molecule has 21 heavy (non-hydrogen) atoms.